The van der Waals surface area contributed by atoms with Crippen molar-refractivity contribution in [1.29, 1.82) is 0 Å². The highest BCUT2D eigenvalue weighted by molar-refractivity contribution is 6.09. The van der Waals surface area contributed by atoms with E-state index in [2.05, 4.69) is 122 Å². The van der Waals surface area contributed by atoms with Crippen molar-refractivity contribution in [2.75, 3.05) is 0 Å². The van der Waals surface area contributed by atoms with Crippen molar-refractivity contribution in [3.05, 3.63) is 125 Å². The van der Waals surface area contributed by atoms with Crippen LogP contribution in [0.4, 0.5) is 0 Å². The van der Waals surface area contributed by atoms with Gasteiger partial charge in [-0.1, -0.05) is 71.8 Å². The molecule has 0 saturated carbocycles. The molecule has 1 aromatic heterocycles. The van der Waals surface area contributed by atoms with Crippen LogP contribution in [0.15, 0.2) is 103 Å². The third-order valence-electron chi connectivity index (χ3n) is 7.33. The van der Waals surface area contributed by atoms with Crippen molar-refractivity contribution < 1.29 is 0 Å². The normalized spacial score (nSPS) is 12.3. The Morgan fingerprint density at radius 1 is 0.529 bits per heavy atom. The Bertz CT molecular complexity index is 1670. The van der Waals surface area contributed by atoms with Crippen LogP contribution in [0.5, 0.6) is 0 Å². The predicted octanol–water partition coefficient (Wildman–Crippen LogP) is 8.64. The Hall–Kier alpha value is -4.10. The summed E-state index contributed by atoms with van der Waals surface area (Å²) < 4.78 is 2.40. The number of rotatable bonds is 2. The average Bonchev–Trinajstić information content (AvgIpc) is 3.39. The highest BCUT2D eigenvalue weighted by Gasteiger charge is 2.18. The maximum atomic E-state index is 2.40. The van der Waals surface area contributed by atoms with E-state index in [0.29, 0.717) is 0 Å². The molecular formula is C33H25N. The van der Waals surface area contributed by atoms with Gasteiger partial charge in [-0.3, -0.25) is 0 Å². The van der Waals surface area contributed by atoms with Gasteiger partial charge in [-0.15, -0.1) is 0 Å². The second kappa shape index (κ2) is 7.20. The molecule has 5 aromatic carbocycles. The van der Waals surface area contributed by atoms with E-state index >= 15 is 0 Å². The molecule has 34 heavy (non-hydrogen) atoms. The van der Waals surface area contributed by atoms with E-state index in [0.717, 1.165) is 6.42 Å². The van der Waals surface area contributed by atoms with Crippen LogP contribution in [-0.2, 0) is 6.42 Å². The molecule has 1 heteroatoms. The van der Waals surface area contributed by atoms with E-state index in [4.69, 9.17) is 0 Å². The van der Waals surface area contributed by atoms with Gasteiger partial charge in [0.15, 0.2) is 0 Å². The summed E-state index contributed by atoms with van der Waals surface area (Å²) in [6.45, 7) is 4.34. The molecule has 0 fully saturated rings. The highest BCUT2D eigenvalue weighted by atomic mass is 15.0. The zero-order valence-electron chi connectivity index (χ0n) is 19.5. The number of fused-ring (bicyclic) bond motifs is 6. The summed E-state index contributed by atoms with van der Waals surface area (Å²) in [4.78, 5) is 0. The first kappa shape index (κ1) is 19.4. The molecule has 162 valence electrons. The van der Waals surface area contributed by atoms with Gasteiger partial charge < -0.3 is 4.57 Å². The lowest BCUT2D eigenvalue weighted by atomic mass is 9.98. The van der Waals surface area contributed by atoms with Gasteiger partial charge in [-0.2, -0.15) is 0 Å². The molecule has 0 atom stereocenters. The summed E-state index contributed by atoms with van der Waals surface area (Å²) in [6, 6.07) is 38.3. The molecule has 6 aromatic rings. The van der Waals surface area contributed by atoms with Gasteiger partial charge in [0.1, 0.15) is 0 Å². The van der Waals surface area contributed by atoms with Gasteiger partial charge in [0.25, 0.3) is 0 Å². The lowest BCUT2D eigenvalue weighted by molar-refractivity contribution is 1.18. The number of nitrogens with zero attached hydrogens (tertiary/aromatic N) is 1. The predicted molar refractivity (Wildman–Crippen MR) is 144 cm³/mol. The van der Waals surface area contributed by atoms with Crippen molar-refractivity contribution in [2.45, 2.75) is 20.3 Å². The van der Waals surface area contributed by atoms with Crippen molar-refractivity contribution in [2.24, 2.45) is 0 Å². The van der Waals surface area contributed by atoms with Gasteiger partial charge >= 0.3 is 0 Å². The van der Waals surface area contributed by atoms with Crippen molar-refractivity contribution >= 4 is 21.8 Å². The van der Waals surface area contributed by atoms with E-state index < -0.39 is 0 Å². The van der Waals surface area contributed by atoms with E-state index in [9.17, 15) is 0 Å². The topological polar surface area (TPSA) is 4.93 Å². The maximum absolute atomic E-state index is 2.40. The van der Waals surface area contributed by atoms with Gasteiger partial charge in [-0.05, 0) is 96.1 Å². The average molecular weight is 436 g/mol. The summed E-state index contributed by atoms with van der Waals surface area (Å²) in [6.07, 6.45) is 1.04. The van der Waals surface area contributed by atoms with Crippen LogP contribution in [0.3, 0.4) is 0 Å². The molecule has 1 aliphatic carbocycles. The zero-order chi connectivity index (χ0) is 22.8. The van der Waals surface area contributed by atoms with Crippen molar-refractivity contribution in [3.63, 3.8) is 0 Å². The summed E-state index contributed by atoms with van der Waals surface area (Å²) in [5.74, 6) is 0. The van der Waals surface area contributed by atoms with Crippen LogP contribution >= 0.6 is 0 Å². The summed E-state index contributed by atoms with van der Waals surface area (Å²) in [5.41, 5.74) is 14.4. The molecule has 0 amide bonds. The van der Waals surface area contributed by atoms with E-state index in [-0.39, 0.29) is 0 Å². The van der Waals surface area contributed by atoms with Crippen molar-refractivity contribution in [1.82, 2.24) is 4.57 Å². The number of hydrogen-bond donors (Lipinski definition) is 0. The Morgan fingerprint density at radius 2 is 1.15 bits per heavy atom. The smallest absolute Gasteiger partial charge is 0.0541 e. The van der Waals surface area contributed by atoms with Gasteiger partial charge in [0.2, 0.25) is 0 Å². The van der Waals surface area contributed by atoms with E-state index in [1.54, 1.807) is 0 Å². The molecule has 0 aliphatic heterocycles. The molecule has 0 unspecified atom stereocenters. The monoisotopic (exact) mass is 435 g/mol. The maximum Gasteiger partial charge on any atom is 0.0541 e. The SMILES string of the molecule is Cc1ccc2c(c1)c1cc(C)ccc1n2-c1ccc(-c2ccc3c(c2)-c2ccccc2C3)cc1. The third kappa shape index (κ3) is 2.87. The zero-order valence-corrected chi connectivity index (χ0v) is 19.5. The minimum atomic E-state index is 1.04. The fraction of sp³-hybridized carbons (Fsp3) is 0.0909. The van der Waals surface area contributed by atoms with Crippen LogP contribution in [0.2, 0.25) is 0 Å². The van der Waals surface area contributed by atoms with Gasteiger partial charge in [-0.25, -0.2) is 0 Å². The summed E-state index contributed by atoms with van der Waals surface area (Å²) in [5, 5.41) is 2.64. The van der Waals surface area contributed by atoms with Gasteiger partial charge in [0.05, 0.1) is 11.0 Å². The lowest BCUT2D eigenvalue weighted by Crippen LogP contribution is -1.94. The van der Waals surface area contributed by atoms with Gasteiger partial charge in [0, 0.05) is 16.5 Å². The molecule has 0 saturated heterocycles. The number of hydrogen-bond acceptors (Lipinski definition) is 0. The number of aromatic nitrogens is 1. The molecule has 0 radical (unpaired) electrons. The molecule has 1 aliphatic rings. The second-order valence-electron chi connectivity index (χ2n) is 9.63. The molecule has 0 N–H and O–H groups in total. The van der Waals surface area contributed by atoms with E-state index in [1.165, 1.54) is 72.0 Å². The first-order chi connectivity index (χ1) is 16.7. The number of benzene rings is 5. The Morgan fingerprint density at radius 3 is 1.85 bits per heavy atom. The molecular weight excluding hydrogens is 410 g/mol. The molecule has 0 spiro atoms. The first-order valence-corrected chi connectivity index (χ1v) is 12.0. The largest absolute Gasteiger partial charge is 0.309 e. The minimum absolute atomic E-state index is 1.04. The Kier molecular flexibility index (Phi) is 4.10. The fourth-order valence-electron chi connectivity index (χ4n) is 5.64. The van der Waals surface area contributed by atoms with Crippen LogP contribution in [0.1, 0.15) is 22.3 Å². The van der Waals surface area contributed by atoms with Crippen LogP contribution < -0.4 is 0 Å². The Balaban J connectivity index is 1.35. The Labute approximate surface area is 199 Å². The lowest BCUT2D eigenvalue weighted by Gasteiger charge is -2.11. The number of aryl methyl sites for hydroxylation is 2. The molecule has 0 bridgehead atoms. The quantitative estimate of drug-likeness (QED) is 0.256. The highest BCUT2D eigenvalue weighted by Crippen LogP contribution is 2.39. The van der Waals surface area contributed by atoms with Crippen LogP contribution in [-0.4, -0.2) is 4.57 Å². The second-order valence-corrected chi connectivity index (χ2v) is 9.63. The molecule has 1 nitrogen and oxygen atoms in total. The minimum Gasteiger partial charge on any atom is -0.309 e. The molecule has 1 heterocycles. The standard InChI is InChI=1S/C33H25N/c1-21-7-15-32-30(17-21)31-18-22(2)8-16-33(31)34(32)27-13-11-23(12-14-27)24-9-10-26-19-25-5-3-4-6-28(25)29(26)20-24/h3-18,20H,19H2,1-2H3. The van der Waals surface area contributed by atoms with E-state index in [1.807, 2.05) is 0 Å². The summed E-state index contributed by atoms with van der Waals surface area (Å²) >= 11 is 0. The van der Waals surface area contributed by atoms with Crippen molar-refractivity contribution in [3.8, 4) is 27.9 Å². The fourth-order valence-corrected chi connectivity index (χ4v) is 5.64. The third-order valence-corrected chi connectivity index (χ3v) is 7.33. The summed E-state index contributed by atoms with van der Waals surface area (Å²) in [7, 11) is 0. The first-order valence-electron chi connectivity index (χ1n) is 12.0. The molecule has 7 rings (SSSR count). The van der Waals surface area contributed by atoms with Crippen LogP contribution in [0, 0.1) is 13.8 Å². The van der Waals surface area contributed by atoms with Crippen LogP contribution in [0.25, 0.3) is 49.7 Å².